The second-order valence-electron chi connectivity index (χ2n) is 7.62. The summed E-state index contributed by atoms with van der Waals surface area (Å²) in [5.74, 6) is -2.26. The van der Waals surface area contributed by atoms with Crippen LogP contribution >= 0.6 is 23.1 Å². The summed E-state index contributed by atoms with van der Waals surface area (Å²) in [5.41, 5.74) is 2.20. The topological polar surface area (TPSA) is 111 Å². The zero-order valence-corrected chi connectivity index (χ0v) is 19.1. The lowest BCUT2D eigenvalue weighted by atomic mass is 9.96. The number of nitrogens with zero attached hydrogens (tertiary/aromatic N) is 2. The molecule has 0 unspecified atom stereocenters. The van der Waals surface area contributed by atoms with Crippen molar-refractivity contribution in [3.63, 3.8) is 0 Å². The largest absolute Gasteiger partial charge is 0.316 e. The van der Waals surface area contributed by atoms with Crippen molar-refractivity contribution in [3.8, 4) is 6.07 Å². The minimum absolute atomic E-state index is 0.125. The van der Waals surface area contributed by atoms with Gasteiger partial charge in [0.05, 0.1) is 10.8 Å². The molecule has 3 amide bonds. The Kier molecular flexibility index (Phi) is 6.72. The number of aliphatic imine (C=N–C) groups is 1. The molecule has 0 spiro atoms. The monoisotopic (exact) mass is 466 g/mol. The van der Waals surface area contributed by atoms with Crippen LogP contribution in [-0.2, 0) is 27.2 Å². The van der Waals surface area contributed by atoms with Gasteiger partial charge in [-0.25, -0.2) is 0 Å². The van der Waals surface area contributed by atoms with Gasteiger partial charge in [0.2, 0.25) is 11.8 Å². The van der Waals surface area contributed by atoms with Gasteiger partial charge in [0.1, 0.15) is 17.0 Å². The lowest BCUT2D eigenvalue weighted by molar-refractivity contribution is -0.129. The van der Waals surface area contributed by atoms with E-state index in [9.17, 15) is 19.6 Å². The van der Waals surface area contributed by atoms with Crippen LogP contribution < -0.4 is 10.6 Å². The molecule has 1 aromatic heterocycles. The Morgan fingerprint density at radius 3 is 2.75 bits per heavy atom. The second-order valence-corrected chi connectivity index (χ2v) is 9.92. The van der Waals surface area contributed by atoms with E-state index in [4.69, 9.17) is 0 Å². The highest BCUT2D eigenvalue weighted by atomic mass is 32.2. The first-order chi connectivity index (χ1) is 15.5. The van der Waals surface area contributed by atoms with Crippen LogP contribution in [-0.4, -0.2) is 28.1 Å². The standard InChI is InChI=1S/C23H22N4O3S2/c1-2-16(19(28)25-22-15(12-24)14-10-6-7-11-17(14)31-22)32-23-26-20(29)18(21(30)27-23)13-8-4-3-5-9-13/h3-5,8-9,16,18H,2,6-7,10-11H2,1H3,(H,25,28)(H,26,27,29,30)/t16-/m1/s1. The summed E-state index contributed by atoms with van der Waals surface area (Å²) in [7, 11) is 0. The first-order valence-electron chi connectivity index (χ1n) is 10.5. The normalized spacial score (nSPS) is 18.8. The number of hydrogen-bond acceptors (Lipinski definition) is 6. The minimum Gasteiger partial charge on any atom is -0.316 e. The fourth-order valence-corrected chi connectivity index (χ4v) is 6.05. The lowest BCUT2D eigenvalue weighted by Gasteiger charge is -2.22. The average molecular weight is 467 g/mol. The van der Waals surface area contributed by atoms with Crippen LogP contribution in [0.15, 0.2) is 35.3 Å². The van der Waals surface area contributed by atoms with E-state index >= 15 is 0 Å². The number of aryl methyl sites for hydroxylation is 1. The number of fused-ring (bicyclic) bond motifs is 1. The molecule has 2 heterocycles. The van der Waals surface area contributed by atoms with Crippen molar-refractivity contribution in [3.05, 3.63) is 51.9 Å². The number of nitriles is 1. The number of benzene rings is 1. The molecule has 0 fully saturated rings. The summed E-state index contributed by atoms with van der Waals surface area (Å²) in [6.45, 7) is 1.85. The number of nitrogens with one attached hydrogen (secondary N) is 2. The Morgan fingerprint density at radius 2 is 2.06 bits per heavy atom. The fourth-order valence-electron chi connectivity index (χ4n) is 3.90. The number of rotatable bonds is 5. The van der Waals surface area contributed by atoms with Crippen molar-refractivity contribution in [1.82, 2.24) is 5.32 Å². The molecule has 0 saturated carbocycles. The predicted octanol–water partition coefficient (Wildman–Crippen LogP) is 3.75. The number of amides is 3. The quantitative estimate of drug-likeness (QED) is 0.652. The fraction of sp³-hybridized carbons (Fsp3) is 0.348. The first kappa shape index (κ1) is 22.2. The molecule has 0 radical (unpaired) electrons. The van der Waals surface area contributed by atoms with Crippen molar-refractivity contribution in [1.29, 1.82) is 5.26 Å². The Hall–Kier alpha value is -2.96. The molecule has 2 atom stereocenters. The molecule has 2 aromatic rings. The van der Waals surface area contributed by atoms with Crippen LogP contribution in [0.4, 0.5) is 5.00 Å². The van der Waals surface area contributed by atoms with Crippen molar-refractivity contribution in [2.45, 2.75) is 50.2 Å². The van der Waals surface area contributed by atoms with E-state index in [1.807, 2.05) is 13.0 Å². The predicted molar refractivity (Wildman–Crippen MR) is 126 cm³/mol. The molecule has 1 aromatic carbocycles. The Balaban J connectivity index is 1.48. The van der Waals surface area contributed by atoms with Crippen molar-refractivity contribution in [2.75, 3.05) is 5.32 Å². The third-order valence-electron chi connectivity index (χ3n) is 5.52. The first-order valence-corrected chi connectivity index (χ1v) is 12.2. The molecule has 2 aliphatic rings. The maximum atomic E-state index is 13.0. The van der Waals surface area contributed by atoms with Gasteiger partial charge in [-0.05, 0) is 43.2 Å². The number of carbonyl (C=O) groups is 3. The molecule has 1 aliphatic heterocycles. The van der Waals surface area contributed by atoms with Gasteiger partial charge in [-0.2, -0.15) is 10.3 Å². The van der Waals surface area contributed by atoms with Gasteiger partial charge in [0.25, 0.3) is 5.91 Å². The van der Waals surface area contributed by atoms with E-state index in [0.717, 1.165) is 43.0 Å². The maximum absolute atomic E-state index is 13.0. The summed E-state index contributed by atoms with van der Waals surface area (Å²) in [5, 5.41) is 15.3. The highest BCUT2D eigenvalue weighted by Gasteiger charge is 2.35. The maximum Gasteiger partial charge on any atom is 0.265 e. The lowest BCUT2D eigenvalue weighted by Crippen LogP contribution is -2.42. The zero-order valence-electron chi connectivity index (χ0n) is 17.5. The van der Waals surface area contributed by atoms with Gasteiger partial charge in [0, 0.05) is 4.88 Å². The number of thioether (sulfide) groups is 1. The molecular formula is C23H22N4O3S2. The zero-order chi connectivity index (χ0) is 22.7. The van der Waals surface area contributed by atoms with Crippen LogP contribution in [0.1, 0.15) is 53.7 Å². The van der Waals surface area contributed by atoms with E-state index in [-0.39, 0.29) is 11.1 Å². The number of anilines is 1. The highest BCUT2D eigenvalue weighted by molar-refractivity contribution is 8.15. The molecule has 9 heteroatoms. The summed E-state index contributed by atoms with van der Waals surface area (Å²) in [6.07, 6.45) is 4.41. The molecule has 32 heavy (non-hydrogen) atoms. The third kappa shape index (κ3) is 4.47. The molecular weight excluding hydrogens is 444 g/mol. The molecule has 7 nitrogen and oxygen atoms in total. The number of thiophene rings is 1. The number of carbonyl (C=O) groups excluding carboxylic acids is 3. The van der Waals surface area contributed by atoms with Crippen LogP contribution in [0.2, 0.25) is 0 Å². The summed E-state index contributed by atoms with van der Waals surface area (Å²) < 4.78 is 0. The van der Waals surface area contributed by atoms with Crippen LogP contribution in [0.25, 0.3) is 0 Å². The van der Waals surface area contributed by atoms with E-state index in [1.54, 1.807) is 24.3 Å². The van der Waals surface area contributed by atoms with Crippen LogP contribution in [0, 0.1) is 11.3 Å². The SMILES string of the molecule is CC[C@@H](SC1=NC(=O)[C@@H](c2ccccc2)C(=O)N1)C(=O)Nc1sc2c(c1C#N)CCCC2. The molecule has 164 valence electrons. The number of hydrogen-bond donors (Lipinski definition) is 2. The Labute approximate surface area is 194 Å². The Bertz CT molecular complexity index is 1130. The van der Waals surface area contributed by atoms with Gasteiger partial charge >= 0.3 is 0 Å². The second kappa shape index (κ2) is 9.67. The van der Waals surface area contributed by atoms with Gasteiger partial charge in [-0.1, -0.05) is 49.0 Å². The van der Waals surface area contributed by atoms with Crippen LogP contribution in [0.3, 0.4) is 0 Å². The van der Waals surface area contributed by atoms with E-state index in [1.165, 1.54) is 16.2 Å². The van der Waals surface area contributed by atoms with Crippen molar-refractivity contribution in [2.24, 2.45) is 4.99 Å². The van der Waals surface area contributed by atoms with Gasteiger partial charge in [-0.3, -0.25) is 14.4 Å². The van der Waals surface area contributed by atoms with Gasteiger partial charge in [-0.15, -0.1) is 11.3 Å². The third-order valence-corrected chi connectivity index (χ3v) is 7.98. The number of amidine groups is 1. The van der Waals surface area contributed by atoms with E-state index < -0.39 is 23.0 Å². The summed E-state index contributed by atoms with van der Waals surface area (Å²) >= 11 is 2.52. The Morgan fingerprint density at radius 1 is 1.31 bits per heavy atom. The highest BCUT2D eigenvalue weighted by Crippen LogP contribution is 2.38. The molecule has 2 N–H and O–H groups in total. The molecule has 1 aliphatic carbocycles. The van der Waals surface area contributed by atoms with Crippen molar-refractivity contribution < 1.29 is 14.4 Å². The van der Waals surface area contributed by atoms with E-state index in [0.29, 0.717) is 22.5 Å². The van der Waals surface area contributed by atoms with Gasteiger partial charge in [0.15, 0.2) is 5.17 Å². The smallest absolute Gasteiger partial charge is 0.265 e. The molecule has 4 rings (SSSR count). The summed E-state index contributed by atoms with van der Waals surface area (Å²) in [6, 6.07) is 11.0. The van der Waals surface area contributed by atoms with Gasteiger partial charge < -0.3 is 10.6 Å². The van der Waals surface area contributed by atoms with Crippen LogP contribution in [0.5, 0.6) is 0 Å². The minimum atomic E-state index is -0.981. The van der Waals surface area contributed by atoms with Crippen molar-refractivity contribution >= 4 is 51.0 Å². The molecule has 0 bridgehead atoms. The molecule has 0 saturated heterocycles. The average Bonchev–Trinajstić information content (AvgIpc) is 3.14. The summed E-state index contributed by atoms with van der Waals surface area (Å²) in [4.78, 5) is 43.3. The van der Waals surface area contributed by atoms with E-state index in [2.05, 4.69) is 21.7 Å².